The quantitative estimate of drug-likeness (QED) is 0.530. The molecule has 0 aliphatic rings. The molecule has 0 amide bonds. The minimum atomic E-state index is -2.76. The highest BCUT2D eigenvalue weighted by Crippen LogP contribution is 2.21. The fourth-order valence-corrected chi connectivity index (χ4v) is 1.41. The van der Waals surface area contributed by atoms with E-state index in [1.165, 1.54) is 13.8 Å². The minimum absolute atomic E-state index is 0.121. The number of carbonyl (C=O) groups is 3. The van der Waals surface area contributed by atoms with Gasteiger partial charge >= 0.3 is 0 Å². The fourth-order valence-electron chi connectivity index (χ4n) is 1.41. The maximum atomic E-state index is 11.3. The van der Waals surface area contributed by atoms with Gasteiger partial charge in [0.25, 0.3) is 0 Å². The summed E-state index contributed by atoms with van der Waals surface area (Å²) in [5.41, 5.74) is -2.76. The number of hydrogen-bond donors (Lipinski definition) is 3. The largest absolute Gasteiger partial charge is 0.382 e. The van der Waals surface area contributed by atoms with Crippen LogP contribution in [0.15, 0.2) is 0 Å². The van der Waals surface area contributed by atoms with Crippen molar-refractivity contribution < 1.29 is 29.7 Å². The van der Waals surface area contributed by atoms with Crippen molar-refractivity contribution >= 4 is 17.3 Å². The van der Waals surface area contributed by atoms with Gasteiger partial charge in [0.15, 0.2) is 35.2 Å². The van der Waals surface area contributed by atoms with E-state index in [0.717, 1.165) is 6.92 Å². The summed E-state index contributed by atoms with van der Waals surface area (Å²) in [6.45, 7) is 3.76. The molecule has 0 aromatic carbocycles. The second kappa shape index (κ2) is 6.00. The van der Waals surface area contributed by atoms with Crippen LogP contribution in [-0.2, 0) is 14.4 Å². The number of Topliss-reactive ketones (excluding diaryl/α,β-unsaturated/α-hetero) is 3. The molecule has 0 aliphatic carbocycles. The van der Waals surface area contributed by atoms with Crippen LogP contribution < -0.4 is 0 Å². The van der Waals surface area contributed by atoms with Crippen molar-refractivity contribution in [3.8, 4) is 0 Å². The summed E-state index contributed by atoms with van der Waals surface area (Å²) < 4.78 is 0. The van der Waals surface area contributed by atoms with Crippen LogP contribution in [0.2, 0.25) is 0 Å². The molecule has 2 atom stereocenters. The Morgan fingerprint density at radius 1 is 1.00 bits per heavy atom. The Kier molecular flexibility index (Phi) is 5.60. The third kappa shape index (κ3) is 2.96. The molecule has 0 rings (SSSR count). The van der Waals surface area contributed by atoms with Crippen LogP contribution in [0.4, 0.5) is 0 Å². The molecule has 2 unspecified atom stereocenters. The van der Waals surface area contributed by atoms with Gasteiger partial charge in [-0.15, -0.1) is 0 Å². The molecule has 0 saturated heterocycles. The molecule has 0 radical (unpaired) electrons. The number of carbonyl (C=O) groups excluding carboxylic acids is 3. The van der Waals surface area contributed by atoms with Gasteiger partial charge in [-0.05, 0) is 6.92 Å². The third-order valence-electron chi connectivity index (χ3n) is 2.70. The van der Waals surface area contributed by atoms with E-state index in [0.29, 0.717) is 0 Å². The molecular weight excluding hydrogens is 228 g/mol. The van der Waals surface area contributed by atoms with Gasteiger partial charge in [0, 0.05) is 12.8 Å². The number of aliphatic hydroxyl groups is 3. The van der Waals surface area contributed by atoms with Gasteiger partial charge in [-0.2, -0.15) is 0 Å². The van der Waals surface area contributed by atoms with Crippen molar-refractivity contribution in [3.63, 3.8) is 0 Å². The third-order valence-corrected chi connectivity index (χ3v) is 2.70. The van der Waals surface area contributed by atoms with Gasteiger partial charge in [0.1, 0.15) is 0 Å². The topological polar surface area (TPSA) is 112 Å². The number of aliphatic hydroxyl groups excluding tert-OH is 2. The molecule has 0 aromatic heterocycles. The van der Waals surface area contributed by atoms with Gasteiger partial charge in [-0.3, -0.25) is 14.4 Å². The summed E-state index contributed by atoms with van der Waals surface area (Å²) in [7, 11) is 0. The molecule has 0 heterocycles. The zero-order valence-electron chi connectivity index (χ0n) is 10.1. The average molecular weight is 246 g/mol. The van der Waals surface area contributed by atoms with E-state index in [9.17, 15) is 29.7 Å². The molecule has 98 valence electrons. The lowest BCUT2D eigenvalue weighted by molar-refractivity contribution is -0.180. The van der Waals surface area contributed by atoms with Gasteiger partial charge in [-0.25, -0.2) is 0 Å². The Balaban J connectivity index is 5.38. The molecule has 0 bridgehead atoms. The zero-order chi connectivity index (χ0) is 13.8. The van der Waals surface area contributed by atoms with E-state index < -0.39 is 35.2 Å². The smallest absolute Gasteiger partial charge is 0.188 e. The first-order chi connectivity index (χ1) is 7.73. The van der Waals surface area contributed by atoms with Crippen LogP contribution in [-0.4, -0.2) is 50.5 Å². The maximum Gasteiger partial charge on any atom is 0.188 e. The van der Waals surface area contributed by atoms with E-state index in [1.807, 2.05) is 0 Å². The van der Waals surface area contributed by atoms with E-state index in [-0.39, 0.29) is 12.8 Å². The molecule has 3 N–H and O–H groups in total. The van der Waals surface area contributed by atoms with Gasteiger partial charge < -0.3 is 15.3 Å². The number of hydrogen-bond acceptors (Lipinski definition) is 6. The van der Waals surface area contributed by atoms with E-state index >= 15 is 0 Å². The Bertz CT molecular complexity index is 300. The standard InChI is InChI=1S/C11H18O6/c1-4-7(13)9(15)11(17,6(3)12)10(16)8(14)5-2/h9-10,15-17H,4-5H2,1-3H3. The summed E-state index contributed by atoms with van der Waals surface area (Å²) >= 11 is 0. The van der Waals surface area contributed by atoms with Crippen LogP contribution in [0, 0.1) is 0 Å². The SMILES string of the molecule is CCC(=O)C(O)C(O)(C(C)=O)C(O)C(=O)CC. The molecule has 6 nitrogen and oxygen atoms in total. The van der Waals surface area contributed by atoms with Gasteiger partial charge in [0.2, 0.25) is 0 Å². The van der Waals surface area contributed by atoms with Crippen molar-refractivity contribution in [2.75, 3.05) is 0 Å². The highest BCUT2D eigenvalue weighted by molar-refractivity contribution is 6.00. The Hall–Kier alpha value is -1.11. The summed E-state index contributed by atoms with van der Waals surface area (Å²) in [5.74, 6) is -2.66. The highest BCUT2D eigenvalue weighted by Gasteiger charge is 2.52. The van der Waals surface area contributed by atoms with Gasteiger partial charge in [-0.1, -0.05) is 13.8 Å². The molecule has 0 aromatic rings. The lowest BCUT2D eigenvalue weighted by atomic mass is 9.81. The first kappa shape index (κ1) is 15.9. The average Bonchev–Trinajstić information content (AvgIpc) is 2.33. The summed E-state index contributed by atoms with van der Waals surface area (Å²) in [6, 6.07) is 0. The molecule has 0 fully saturated rings. The Morgan fingerprint density at radius 3 is 1.47 bits per heavy atom. The van der Waals surface area contributed by atoms with Gasteiger partial charge in [0.05, 0.1) is 0 Å². The second-order valence-electron chi connectivity index (χ2n) is 3.83. The lowest BCUT2D eigenvalue weighted by Crippen LogP contribution is -2.62. The predicted molar refractivity (Wildman–Crippen MR) is 58.2 cm³/mol. The monoisotopic (exact) mass is 246 g/mol. The fraction of sp³-hybridized carbons (Fsp3) is 0.727. The summed E-state index contributed by atoms with van der Waals surface area (Å²) in [4.78, 5) is 33.9. The zero-order valence-corrected chi connectivity index (χ0v) is 10.1. The van der Waals surface area contributed by atoms with Crippen LogP contribution in [0.25, 0.3) is 0 Å². The van der Waals surface area contributed by atoms with Crippen LogP contribution >= 0.6 is 0 Å². The Morgan fingerprint density at radius 2 is 1.29 bits per heavy atom. The van der Waals surface area contributed by atoms with E-state index in [1.54, 1.807) is 0 Å². The summed E-state index contributed by atoms with van der Waals surface area (Å²) in [6.07, 6.45) is -4.45. The molecule has 0 spiro atoms. The van der Waals surface area contributed by atoms with Crippen LogP contribution in [0.1, 0.15) is 33.6 Å². The van der Waals surface area contributed by atoms with E-state index in [4.69, 9.17) is 0 Å². The number of rotatable bonds is 7. The maximum absolute atomic E-state index is 11.3. The van der Waals surface area contributed by atoms with Crippen molar-refractivity contribution in [3.05, 3.63) is 0 Å². The first-order valence-corrected chi connectivity index (χ1v) is 5.38. The first-order valence-electron chi connectivity index (χ1n) is 5.38. The van der Waals surface area contributed by atoms with E-state index in [2.05, 4.69) is 0 Å². The highest BCUT2D eigenvalue weighted by atomic mass is 16.4. The predicted octanol–water partition coefficient (Wildman–Crippen LogP) is -1.01. The van der Waals surface area contributed by atoms with Crippen LogP contribution in [0.5, 0.6) is 0 Å². The summed E-state index contributed by atoms with van der Waals surface area (Å²) in [5, 5.41) is 29.1. The van der Waals surface area contributed by atoms with Crippen molar-refractivity contribution in [1.82, 2.24) is 0 Å². The molecular formula is C11H18O6. The molecule has 6 heteroatoms. The van der Waals surface area contributed by atoms with Crippen molar-refractivity contribution in [2.45, 2.75) is 51.4 Å². The molecule has 0 saturated carbocycles. The van der Waals surface area contributed by atoms with Crippen molar-refractivity contribution in [2.24, 2.45) is 0 Å². The lowest BCUT2D eigenvalue weighted by Gasteiger charge is -2.32. The number of ketones is 3. The molecule has 0 aliphatic heterocycles. The minimum Gasteiger partial charge on any atom is -0.382 e. The molecule has 17 heavy (non-hydrogen) atoms. The normalized spacial score (nSPS) is 18.0. The Labute approximate surface area is 99.3 Å². The second-order valence-corrected chi connectivity index (χ2v) is 3.83. The van der Waals surface area contributed by atoms with Crippen molar-refractivity contribution in [1.29, 1.82) is 0 Å². The van der Waals surface area contributed by atoms with Crippen LogP contribution in [0.3, 0.4) is 0 Å².